The van der Waals surface area contributed by atoms with Crippen molar-refractivity contribution in [1.82, 2.24) is 0 Å². The van der Waals surface area contributed by atoms with Crippen LogP contribution in [0.2, 0.25) is 0 Å². The van der Waals surface area contributed by atoms with Crippen molar-refractivity contribution >= 4 is 11.4 Å². The molecule has 2 rings (SSSR count). The number of nitrogens with zero attached hydrogens (tertiary/aromatic N) is 2. The second-order valence-corrected chi connectivity index (χ2v) is 4.47. The van der Waals surface area contributed by atoms with E-state index < -0.39 is 78.9 Å². The number of benzene rings is 2. The number of hydrogen-bond donors (Lipinski definition) is 0. The third kappa shape index (κ3) is 2.49. The lowest BCUT2D eigenvalue weighted by Gasteiger charge is -2.11. The molecule has 138 valence electrons. The number of nitro groups is 2. The Morgan fingerprint density at radius 2 is 0.654 bits per heavy atom. The number of nitro benzene ring substituents is 2. The molecule has 14 heteroatoms. The highest BCUT2D eigenvalue weighted by atomic mass is 19.2. The van der Waals surface area contributed by atoms with Gasteiger partial charge in [-0.1, -0.05) is 0 Å². The molecule has 0 saturated carbocycles. The molecule has 2 aromatic rings. The van der Waals surface area contributed by atoms with Gasteiger partial charge >= 0.3 is 11.4 Å². The van der Waals surface area contributed by atoms with Crippen molar-refractivity contribution in [2.75, 3.05) is 0 Å². The van der Waals surface area contributed by atoms with Crippen molar-refractivity contribution < 1.29 is 45.0 Å². The molecule has 0 unspecified atom stereocenters. The van der Waals surface area contributed by atoms with E-state index in [0.29, 0.717) is 0 Å². The van der Waals surface area contributed by atoms with E-state index in [1.54, 1.807) is 0 Å². The first-order valence-electron chi connectivity index (χ1n) is 5.94. The van der Waals surface area contributed by atoms with Crippen molar-refractivity contribution in [2.24, 2.45) is 0 Å². The maximum Gasteiger partial charge on any atom is 0.346 e. The van der Waals surface area contributed by atoms with Crippen LogP contribution in [0.5, 0.6) is 0 Å². The lowest BCUT2D eigenvalue weighted by atomic mass is 10.00. The summed E-state index contributed by atoms with van der Waals surface area (Å²) in [6, 6.07) is 0. The first-order chi connectivity index (χ1) is 11.9. The van der Waals surface area contributed by atoms with Gasteiger partial charge in [-0.05, 0) is 0 Å². The van der Waals surface area contributed by atoms with Gasteiger partial charge in [0.15, 0.2) is 23.3 Å². The number of halogens is 8. The van der Waals surface area contributed by atoms with E-state index in [2.05, 4.69) is 0 Å². The van der Waals surface area contributed by atoms with Gasteiger partial charge in [0, 0.05) is 0 Å². The van der Waals surface area contributed by atoms with Gasteiger partial charge in [-0.25, -0.2) is 17.6 Å². The SMILES string of the molecule is O=[N+]([O-])c1c(F)c(F)c(-c2c(F)c(F)c([N+](=O)[O-])c(F)c2F)c(F)c1F. The molecule has 0 fully saturated rings. The summed E-state index contributed by atoms with van der Waals surface area (Å²) in [6.45, 7) is 0. The molecule has 0 saturated heterocycles. The summed E-state index contributed by atoms with van der Waals surface area (Å²) in [7, 11) is 0. The Hall–Kier alpha value is -3.32. The van der Waals surface area contributed by atoms with Crippen LogP contribution < -0.4 is 0 Å². The summed E-state index contributed by atoms with van der Waals surface area (Å²) in [6.07, 6.45) is 0. The fourth-order valence-corrected chi connectivity index (χ4v) is 2.00. The molecule has 2 aromatic carbocycles. The molecule has 0 aromatic heterocycles. The predicted molar refractivity (Wildman–Crippen MR) is 64.9 cm³/mol. The average molecular weight is 388 g/mol. The zero-order valence-electron chi connectivity index (χ0n) is 11.6. The van der Waals surface area contributed by atoms with Crippen LogP contribution in [0.3, 0.4) is 0 Å². The topological polar surface area (TPSA) is 86.3 Å². The summed E-state index contributed by atoms with van der Waals surface area (Å²) < 4.78 is 110. The molecule has 0 aliphatic heterocycles. The summed E-state index contributed by atoms with van der Waals surface area (Å²) in [5.41, 5.74) is -9.47. The maximum absolute atomic E-state index is 13.8. The summed E-state index contributed by atoms with van der Waals surface area (Å²) in [5, 5.41) is 20.8. The first kappa shape index (κ1) is 19.0. The third-order valence-electron chi connectivity index (χ3n) is 3.10. The maximum atomic E-state index is 13.8. The van der Waals surface area contributed by atoms with Gasteiger partial charge in [0.2, 0.25) is 23.3 Å². The molecule has 6 nitrogen and oxygen atoms in total. The van der Waals surface area contributed by atoms with Gasteiger partial charge in [0.25, 0.3) is 0 Å². The molecule has 0 atom stereocenters. The lowest BCUT2D eigenvalue weighted by molar-refractivity contribution is -0.391. The minimum absolute atomic E-state index is 1.90. The molecular formula is C12F8N2O4. The number of rotatable bonds is 3. The minimum atomic E-state index is -2.75. The van der Waals surface area contributed by atoms with Crippen LogP contribution in [0, 0.1) is 66.8 Å². The Bertz CT molecular complexity index is 857. The summed E-state index contributed by atoms with van der Waals surface area (Å²) >= 11 is 0. The van der Waals surface area contributed by atoms with E-state index >= 15 is 0 Å². The predicted octanol–water partition coefficient (Wildman–Crippen LogP) is 4.28. The van der Waals surface area contributed by atoms with Crippen molar-refractivity contribution in [3.8, 4) is 11.1 Å². The van der Waals surface area contributed by atoms with Crippen LogP contribution in [0.4, 0.5) is 46.5 Å². The molecule has 0 heterocycles. The smallest absolute Gasteiger partial charge is 0.258 e. The average Bonchev–Trinajstić information content (AvgIpc) is 2.54. The van der Waals surface area contributed by atoms with Crippen molar-refractivity contribution in [3.05, 3.63) is 66.8 Å². The molecule has 26 heavy (non-hydrogen) atoms. The third-order valence-corrected chi connectivity index (χ3v) is 3.10. The van der Waals surface area contributed by atoms with E-state index in [9.17, 15) is 55.4 Å². The summed E-state index contributed by atoms with van der Waals surface area (Å²) in [4.78, 5) is 17.0. The Labute approximate surface area is 135 Å². The molecule has 0 amide bonds. The zero-order chi connectivity index (χ0) is 20.1. The van der Waals surface area contributed by atoms with Crippen LogP contribution in [0.15, 0.2) is 0 Å². The quantitative estimate of drug-likeness (QED) is 0.340. The molecule has 0 spiro atoms. The fraction of sp³-hybridized carbons (Fsp3) is 0. The minimum Gasteiger partial charge on any atom is -0.258 e. The largest absolute Gasteiger partial charge is 0.346 e. The van der Waals surface area contributed by atoms with Gasteiger partial charge in [-0.15, -0.1) is 0 Å². The Morgan fingerprint density at radius 1 is 0.462 bits per heavy atom. The molecule has 0 bridgehead atoms. The highest BCUT2D eigenvalue weighted by molar-refractivity contribution is 5.70. The molecule has 0 radical (unpaired) electrons. The van der Waals surface area contributed by atoms with Crippen LogP contribution in [0.1, 0.15) is 0 Å². The Kier molecular flexibility index (Phi) is 4.53. The van der Waals surface area contributed by atoms with E-state index in [4.69, 9.17) is 0 Å². The van der Waals surface area contributed by atoms with E-state index in [-0.39, 0.29) is 0 Å². The fourth-order valence-electron chi connectivity index (χ4n) is 2.00. The summed E-state index contributed by atoms with van der Waals surface area (Å²) in [5.74, 6) is -21.9. The van der Waals surface area contributed by atoms with Crippen LogP contribution in [-0.2, 0) is 0 Å². The number of hydrogen-bond acceptors (Lipinski definition) is 4. The Morgan fingerprint density at radius 3 is 0.808 bits per heavy atom. The highest BCUT2D eigenvalue weighted by Gasteiger charge is 2.40. The first-order valence-corrected chi connectivity index (χ1v) is 5.94. The highest BCUT2D eigenvalue weighted by Crippen LogP contribution is 2.41. The Balaban J connectivity index is 3.05. The second-order valence-electron chi connectivity index (χ2n) is 4.47. The molecule has 0 aliphatic carbocycles. The van der Waals surface area contributed by atoms with Crippen molar-refractivity contribution in [1.29, 1.82) is 0 Å². The van der Waals surface area contributed by atoms with Crippen molar-refractivity contribution in [2.45, 2.75) is 0 Å². The van der Waals surface area contributed by atoms with E-state index in [0.717, 1.165) is 0 Å². The standard InChI is InChI=1S/C12F8N2O4/c13-3-1(4(14)8(18)11(7(3)17)21(23)24)2-5(15)9(19)12(22(25)26)10(20)6(2)16. The lowest BCUT2D eigenvalue weighted by Crippen LogP contribution is -2.11. The van der Waals surface area contributed by atoms with Gasteiger partial charge in [-0.3, -0.25) is 20.2 Å². The molecule has 0 aliphatic rings. The van der Waals surface area contributed by atoms with Gasteiger partial charge in [-0.2, -0.15) is 17.6 Å². The van der Waals surface area contributed by atoms with Crippen LogP contribution >= 0.6 is 0 Å². The van der Waals surface area contributed by atoms with E-state index in [1.807, 2.05) is 0 Å². The van der Waals surface area contributed by atoms with Crippen LogP contribution in [-0.4, -0.2) is 9.85 Å². The van der Waals surface area contributed by atoms with Crippen LogP contribution in [0.25, 0.3) is 11.1 Å². The normalized spacial score (nSPS) is 10.9. The second kappa shape index (κ2) is 6.20. The monoisotopic (exact) mass is 388 g/mol. The van der Waals surface area contributed by atoms with Gasteiger partial charge in [0.1, 0.15) is 0 Å². The zero-order valence-corrected chi connectivity index (χ0v) is 11.6. The van der Waals surface area contributed by atoms with Gasteiger partial charge < -0.3 is 0 Å². The van der Waals surface area contributed by atoms with Gasteiger partial charge in [0.05, 0.1) is 21.0 Å². The van der Waals surface area contributed by atoms with Crippen molar-refractivity contribution in [3.63, 3.8) is 0 Å². The molecule has 0 N–H and O–H groups in total. The van der Waals surface area contributed by atoms with E-state index in [1.165, 1.54) is 0 Å². The molecular weight excluding hydrogens is 388 g/mol.